The summed E-state index contributed by atoms with van der Waals surface area (Å²) in [5, 5.41) is 3.29. The maximum atomic E-state index is 12.7. The number of likely N-dealkylation sites (tertiary alicyclic amines) is 1. The summed E-state index contributed by atoms with van der Waals surface area (Å²) in [4.78, 5) is 26.4. The third kappa shape index (κ3) is 4.91. The second kappa shape index (κ2) is 9.40. The summed E-state index contributed by atoms with van der Waals surface area (Å²) < 4.78 is 5.09. The molecule has 0 bridgehead atoms. The van der Waals surface area contributed by atoms with Crippen molar-refractivity contribution in [3.8, 4) is 11.1 Å². The predicted octanol–water partition coefficient (Wildman–Crippen LogP) is 3.96. The molecule has 0 aromatic heterocycles. The molecular formula is C23H28N2O3. The van der Waals surface area contributed by atoms with Gasteiger partial charge in [-0.1, -0.05) is 42.5 Å². The zero-order valence-corrected chi connectivity index (χ0v) is 16.6. The van der Waals surface area contributed by atoms with E-state index in [0.717, 1.165) is 11.3 Å². The van der Waals surface area contributed by atoms with Crippen LogP contribution in [0.2, 0.25) is 0 Å². The first-order valence-electron chi connectivity index (χ1n) is 9.96. The number of nitrogens with zero attached hydrogens (tertiary/aromatic N) is 1. The summed E-state index contributed by atoms with van der Waals surface area (Å²) in [5.74, 6) is -0.161. The molecule has 2 aromatic carbocycles. The molecule has 5 heteroatoms. The Bertz CT molecular complexity index is 781. The molecule has 1 aliphatic rings. The summed E-state index contributed by atoms with van der Waals surface area (Å²) in [6, 6.07) is 18.0. The molecule has 1 atom stereocenters. The highest BCUT2D eigenvalue weighted by Crippen LogP contribution is 2.22. The van der Waals surface area contributed by atoms with Gasteiger partial charge in [-0.25, -0.2) is 0 Å². The Kier molecular flexibility index (Phi) is 6.69. The summed E-state index contributed by atoms with van der Waals surface area (Å²) >= 11 is 0. The van der Waals surface area contributed by atoms with Crippen LogP contribution in [-0.2, 0) is 14.3 Å². The molecule has 0 radical (unpaired) electrons. The number of rotatable bonds is 6. The lowest BCUT2D eigenvalue weighted by atomic mass is 9.96. The molecule has 3 rings (SSSR count). The Morgan fingerprint density at radius 1 is 1.04 bits per heavy atom. The fraction of sp³-hybridized carbons (Fsp3) is 0.391. The highest BCUT2D eigenvalue weighted by molar-refractivity contribution is 5.85. The molecule has 2 aromatic rings. The van der Waals surface area contributed by atoms with Crippen LogP contribution in [0.3, 0.4) is 0 Å². The number of esters is 1. The lowest BCUT2D eigenvalue weighted by Crippen LogP contribution is -2.46. The molecule has 0 aliphatic carbocycles. The number of amides is 1. The Balaban J connectivity index is 1.53. The van der Waals surface area contributed by atoms with Gasteiger partial charge >= 0.3 is 5.97 Å². The second-order valence-corrected chi connectivity index (χ2v) is 7.16. The first-order valence-corrected chi connectivity index (χ1v) is 9.96. The molecule has 1 fully saturated rings. The van der Waals surface area contributed by atoms with Crippen LogP contribution in [0.15, 0.2) is 54.6 Å². The van der Waals surface area contributed by atoms with Crippen molar-refractivity contribution in [3.63, 3.8) is 0 Å². The van der Waals surface area contributed by atoms with Crippen LogP contribution in [0.5, 0.6) is 0 Å². The van der Waals surface area contributed by atoms with E-state index in [4.69, 9.17) is 4.74 Å². The van der Waals surface area contributed by atoms with Crippen LogP contribution in [0.1, 0.15) is 26.7 Å². The van der Waals surface area contributed by atoms with Crippen LogP contribution >= 0.6 is 0 Å². The van der Waals surface area contributed by atoms with Crippen molar-refractivity contribution < 1.29 is 14.3 Å². The molecule has 1 N–H and O–H groups in total. The van der Waals surface area contributed by atoms with Gasteiger partial charge in [-0.3, -0.25) is 9.59 Å². The van der Waals surface area contributed by atoms with E-state index in [1.807, 2.05) is 49.1 Å². The van der Waals surface area contributed by atoms with Gasteiger partial charge in [0.25, 0.3) is 0 Å². The molecule has 1 heterocycles. The third-order valence-electron chi connectivity index (χ3n) is 5.17. The largest absolute Gasteiger partial charge is 0.466 e. The Morgan fingerprint density at radius 3 is 2.25 bits per heavy atom. The molecule has 1 aliphatic heterocycles. The van der Waals surface area contributed by atoms with Gasteiger partial charge in [0.15, 0.2) is 0 Å². The highest BCUT2D eigenvalue weighted by Gasteiger charge is 2.29. The average Bonchev–Trinajstić information content (AvgIpc) is 2.74. The first-order chi connectivity index (χ1) is 13.6. The number of carbonyl (C=O) groups excluding carboxylic acids is 2. The molecule has 5 nitrogen and oxygen atoms in total. The van der Waals surface area contributed by atoms with Crippen molar-refractivity contribution in [1.82, 2.24) is 4.90 Å². The fourth-order valence-electron chi connectivity index (χ4n) is 3.57. The van der Waals surface area contributed by atoms with E-state index in [0.29, 0.717) is 32.5 Å². The lowest BCUT2D eigenvalue weighted by Gasteiger charge is -2.33. The summed E-state index contributed by atoms with van der Waals surface area (Å²) in [6.45, 7) is 5.30. The Morgan fingerprint density at radius 2 is 1.64 bits per heavy atom. The maximum absolute atomic E-state index is 12.7. The average molecular weight is 380 g/mol. The van der Waals surface area contributed by atoms with E-state index < -0.39 is 0 Å². The normalized spacial score (nSPS) is 15.7. The van der Waals surface area contributed by atoms with Crippen molar-refractivity contribution in [2.45, 2.75) is 32.7 Å². The van der Waals surface area contributed by atoms with Crippen LogP contribution in [0.25, 0.3) is 11.1 Å². The zero-order valence-electron chi connectivity index (χ0n) is 16.6. The van der Waals surface area contributed by atoms with Crippen LogP contribution in [0.4, 0.5) is 5.69 Å². The quantitative estimate of drug-likeness (QED) is 0.771. The number of anilines is 1. The van der Waals surface area contributed by atoms with Crippen LogP contribution in [-0.4, -0.2) is 42.5 Å². The Hall–Kier alpha value is -2.82. The Labute approximate surface area is 166 Å². The maximum Gasteiger partial charge on any atom is 0.309 e. The molecule has 0 spiro atoms. The number of ether oxygens (including phenoxy) is 1. The number of nitrogens with one attached hydrogen (secondary N) is 1. The SMILES string of the molecule is CCOC(=O)C1CCN(C(=O)C(C)Nc2ccc(-c3ccccc3)cc2)CC1. The van der Waals surface area contributed by atoms with Crippen LogP contribution < -0.4 is 5.32 Å². The minimum absolute atomic E-state index is 0.0643. The van der Waals surface area contributed by atoms with Crippen molar-refractivity contribution in [2.24, 2.45) is 5.92 Å². The standard InChI is InChI=1S/C23H28N2O3/c1-3-28-23(27)20-13-15-25(16-14-20)22(26)17(2)24-21-11-9-19(10-12-21)18-7-5-4-6-8-18/h4-12,17,20,24H,3,13-16H2,1-2H3. The van der Waals surface area contributed by atoms with Gasteiger partial charge in [-0.15, -0.1) is 0 Å². The van der Waals surface area contributed by atoms with E-state index in [1.165, 1.54) is 5.56 Å². The fourth-order valence-corrected chi connectivity index (χ4v) is 3.57. The topological polar surface area (TPSA) is 58.6 Å². The van der Waals surface area contributed by atoms with Crippen molar-refractivity contribution in [1.29, 1.82) is 0 Å². The highest BCUT2D eigenvalue weighted by atomic mass is 16.5. The molecular weight excluding hydrogens is 352 g/mol. The van der Waals surface area contributed by atoms with E-state index >= 15 is 0 Å². The summed E-state index contributed by atoms with van der Waals surface area (Å²) in [7, 11) is 0. The number of benzene rings is 2. The third-order valence-corrected chi connectivity index (χ3v) is 5.17. The van der Waals surface area contributed by atoms with Crippen molar-refractivity contribution >= 4 is 17.6 Å². The monoisotopic (exact) mass is 380 g/mol. The lowest BCUT2D eigenvalue weighted by molar-refractivity contribution is -0.151. The molecule has 0 saturated carbocycles. The number of hydrogen-bond donors (Lipinski definition) is 1. The van der Waals surface area contributed by atoms with Gasteiger partial charge in [-0.05, 0) is 49.9 Å². The second-order valence-electron chi connectivity index (χ2n) is 7.16. The smallest absolute Gasteiger partial charge is 0.309 e. The van der Waals surface area contributed by atoms with Gasteiger partial charge in [0.05, 0.1) is 12.5 Å². The van der Waals surface area contributed by atoms with Crippen molar-refractivity contribution in [2.75, 3.05) is 25.0 Å². The van der Waals surface area contributed by atoms with Crippen molar-refractivity contribution in [3.05, 3.63) is 54.6 Å². The zero-order chi connectivity index (χ0) is 19.9. The van der Waals surface area contributed by atoms with Gasteiger partial charge in [0.2, 0.25) is 5.91 Å². The number of piperidine rings is 1. The summed E-state index contributed by atoms with van der Waals surface area (Å²) in [6.07, 6.45) is 1.34. The molecule has 1 unspecified atom stereocenters. The number of carbonyl (C=O) groups is 2. The minimum atomic E-state index is -0.318. The first kappa shape index (κ1) is 19.9. The number of hydrogen-bond acceptors (Lipinski definition) is 4. The molecule has 1 saturated heterocycles. The van der Waals surface area contributed by atoms with Gasteiger partial charge < -0.3 is 15.0 Å². The molecule has 148 valence electrons. The van der Waals surface area contributed by atoms with E-state index in [-0.39, 0.29) is 23.8 Å². The van der Waals surface area contributed by atoms with Gasteiger partial charge in [-0.2, -0.15) is 0 Å². The molecule has 1 amide bonds. The van der Waals surface area contributed by atoms with Gasteiger partial charge in [0, 0.05) is 18.8 Å². The molecule has 28 heavy (non-hydrogen) atoms. The minimum Gasteiger partial charge on any atom is -0.466 e. The predicted molar refractivity (Wildman–Crippen MR) is 111 cm³/mol. The summed E-state index contributed by atoms with van der Waals surface area (Å²) in [5.41, 5.74) is 3.23. The van der Waals surface area contributed by atoms with E-state index in [2.05, 4.69) is 29.6 Å². The van der Waals surface area contributed by atoms with Gasteiger partial charge in [0.1, 0.15) is 6.04 Å². The van der Waals surface area contributed by atoms with E-state index in [1.54, 1.807) is 0 Å². The van der Waals surface area contributed by atoms with E-state index in [9.17, 15) is 9.59 Å². The van der Waals surface area contributed by atoms with Crippen LogP contribution in [0, 0.1) is 5.92 Å².